The van der Waals surface area contributed by atoms with Gasteiger partial charge in [-0.3, -0.25) is 9.78 Å². The Hall–Kier alpha value is -2.11. The van der Waals surface area contributed by atoms with Gasteiger partial charge in [-0.05, 0) is 45.2 Å². The molecule has 0 saturated heterocycles. The van der Waals surface area contributed by atoms with Gasteiger partial charge in [0.25, 0.3) is 0 Å². The number of urea groups is 1. The topological polar surface area (TPSA) is 83.1 Å². The van der Waals surface area contributed by atoms with Crippen LogP contribution in [0.5, 0.6) is 0 Å². The van der Waals surface area contributed by atoms with Crippen molar-refractivity contribution in [2.75, 3.05) is 5.32 Å². The molecule has 1 aromatic heterocycles. The van der Waals surface area contributed by atoms with Crippen LogP contribution in [-0.4, -0.2) is 29.0 Å². The molecular formula is C16H24N4O2. The Morgan fingerprint density at radius 2 is 2.14 bits per heavy atom. The van der Waals surface area contributed by atoms with E-state index in [4.69, 9.17) is 0 Å². The van der Waals surface area contributed by atoms with Crippen molar-refractivity contribution < 1.29 is 9.59 Å². The number of pyridine rings is 1. The first-order valence-corrected chi connectivity index (χ1v) is 7.82. The zero-order valence-corrected chi connectivity index (χ0v) is 13.1. The summed E-state index contributed by atoms with van der Waals surface area (Å²) in [6.45, 7) is 3.91. The monoisotopic (exact) mass is 304 g/mol. The number of nitrogens with zero attached hydrogens (tertiary/aromatic N) is 1. The minimum Gasteiger partial charge on any atom is -0.354 e. The van der Waals surface area contributed by atoms with Crippen molar-refractivity contribution >= 4 is 17.6 Å². The van der Waals surface area contributed by atoms with Crippen molar-refractivity contribution in [1.29, 1.82) is 0 Å². The predicted octanol–water partition coefficient (Wildman–Crippen LogP) is 2.29. The summed E-state index contributed by atoms with van der Waals surface area (Å²) >= 11 is 0. The highest BCUT2D eigenvalue weighted by Crippen LogP contribution is 2.24. The molecule has 6 nitrogen and oxygen atoms in total. The molecular weight excluding hydrogens is 280 g/mol. The number of aromatic nitrogens is 1. The largest absolute Gasteiger partial charge is 0.354 e. The highest BCUT2D eigenvalue weighted by molar-refractivity contribution is 5.89. The molecule has 1 fully saturated rings. The lowest BCUT2D eigenvalue weighted by Crippen LogP contribution is -2.44. The van der Waals surface area contributed by atoms with Gasteiger partial charge in [0.05, 0.1) is 11.9 Å². The Morgan fingerprint density at radius 3 is 2.82 bits per heavy atom. The van der Waals surface area contributed by atoms with Crippen LogP contribution in [-0.2, 0) is 4.79 Å². The summed E-state index contributed by atoms with van der Waals surface area (Å²) in [5, 5.41) is 8.65. The zero-order valence-electron chi connectivity index (χ0n) is 13.1. The molecule has 22 heavy (non-hydrogen) atoms. The van der Waals surface area contributed by atoms with Crippen molar-refractivity contribution in [2.45, 2.75) is 51.6 Å². The third kappa shape index (κ3) is 5.02. The average molecular weight is 304 g/mol. The quantitative estimate of drug-likeness (QED) is 0.798. The van der Waals surface area contributed by atoms with Crippen LogP contribution in [0.15, 0.2) is 24.5 Å². The Labute approximate surface area is 131 Å². The SMILES string of the molecule is CC(C)NC(=O)C1CCCC(NC(=O)Nc2cccnc2)C1. The second-order valence-corrected chi connectivity index (χ2v) is 6.06. The Balaban J connectivity index is 1.82. The molecule has 1 aliphatic rings. The second kappa shape index (κ2) is 7.77. The highest BCUT2D eigenvalue weighted by atomic mass is 16.2. The number of anilines is 1. The minimum absolute atomic E-state index is 0.0140. The fourth-order valence-electron chi connectivity index (χ4n) is 2.75. The van der Waals surface area contributed by atoms with E-state index in [2.05, 4.69) is 20.9 Å². The van der Waals surface area contributed by atoms with E-state index in [1.165, 1.54) is 0 Å². The maximum Gasteiger partial charge on any atom is 0.319 e. The molecule has 1 aromatic rings. The van der Waals surface area contributed by atoms with Gasteiger partial charge in [0.1, 0.15) is 0 Å². The van der Waals surface area contributed by atoms with Crippen LogP contribution in [0.4, 0.5) is 10.5 Å². The molecule has 1 saturated carbocycles. The predicted molar refractivity (Wildman–Crippen MR) is 85.4 cm³/mol. The highest BCUT2D eigenvalue weighted by Gasteiger charge is 2.28. The third-order valence-electron chi connectivity index (χ3n) is 3.73. The second-order valence-electron chi connectivity index (χ2n) is 6.06. The number of rotatable bonds is 4. The number of carbonyl (C=O) groups is 2. The summed E-state index contributed by atoms with van der Waals surface area (Å²) in [5.74, 6) is 0.0778. The van der Waals surface area contributed by atoms with Crippen LogP contribution < -0.4 is 16.0 Å². The molecule has 1 heterocycles. The number of amides is 3. The van der Waals surface area contributed by atoms with Crippen LogP contribution in [0.2, 0.25) is 0 Å². The van der Waals surface area contributed by atoms with Crippen LogP contribution in [0, 0.1) is 5.92 Å². The number of carbonyl (C=O) groups excluding carboxylic acids is 2. The van der Waals surface area contributed by atoms with Crippen molar-refractivity contribution in [3.05, 3.63) is 24.5 Å². The van der Waals surface area contributed by atoms with E-state index in [0.29, 0.717) is 12.1 Å². The summed E-state index contributed by atoms with van der Waals surface area (Å²) in [6, 6.07) is 3.49. The summed E-state index contributed by atoms with van der Waals surface area (Å²) in [4.78, 5) is 28.0. The van der Waals surface area contributed by atoms with Crippen molar-refractivity contribution in [3.8, 4) is 0 Å². The maximum absolute atomic E-state index is 12.1. The molecule has 2 unspecified atom stereocenters. The first-order chi connectivity index (χ1) is 10.5. The lowest BCUT2D eigenvalue weighted by Gasteiger charge is -2.29. The lowest BCUT2D eigenvalue weighted by atomic mass is 9.85. The molecule has 120 valence electrons. The van der Waals surface area contributed by atoms with Crippen molar-refractivity contribution in [1.82, 2.24) is 15.6 Å². The number of hydrogen-bond donors (Lipinski definition) is 3. The molecule has 0 radical (unpaired) electrons. The molecule has 1 aliphatic carbocycles. The molecule has 0 aromatic carbocycles. The standard InChI is InChI=1S/C16H24N4O2/c1-11(2)18-15(21)12-5-3-6-13(9-12)19-16(22)20-14-7-4-8-17-10-14/h4,7-8,10-13H,3,5-6,9H2,1-2H3,(H,18,21)(H2,19,20,22). The molecule has 3 amide bonds. The van der Waals surface area contributed by atoms with Gasteiger partial charge in [-0.2, -0.15) is 0 Å². The Kier molecular flexibility index (Phi) is 5.75. The Morgan fingerprint density at radius 1 is 1.32 bits per heavy atom. The lowest BCUT2D eigenvalue weighted by molar-refractivity contribution is -0.126. The number of nitrogens with one attached hydrogen (secondary N) is 3. The van der Waals surface area contributed by atoms with Crippen LogP contribution in [0.25, 0.3) is 0 Å². The van der Waals surface area contributed by atoms with Gasteiger partial charge >= 0.3 is 6.03 Å². The summed E-state index contributed by atoms with van der Waals surface area (Å²) in [7, 11) is 0. The van der Waals surface area contributed by atoms with Gasteiger partial charge in [-0.25, -0.2) is 4.79 Å². The van der Waals surface area contributed by atoms with E-state index in [0.717, 1.165) is 19.3 Å². The Bertz CT molecular complexity index is 504. The number of hydrogen-bond acceptors (Lipinski definition) is 3. The molecule has 2 rings (SSSR count). The van der Waals surface area contributed by atoms with Crippen LogP contribution >= 0.6 is 0 Å². The zero-order chi connectivity index (χ0) is 15.9. The first-order valence-electron chi connectivity index (χ1n) is 7.82. The normalized spacial score (nSPS) is 21.2. The van der Waals surface area contributed by atoms with E-state index >= 15 is 0 Å². The first kappa shape index (κ1) is 16.3. The van der Waals surface area contributed by atoms with Gasteiger partial charge in [0.2, 0.25) is 5.91 Å². The van der Waals surface area contributed by atoms with Crippen molar-refractivity contribution in [3.63, 3.8) is 0 Å². The molecule has 0 bridgehead atoms. The molecule has 3 N–H and O–H groups in total. The van der Waals surface area contributed by atoms with Gasteiger partial charge < -0.3 is 16.0 Å². The summed E-state index contributed by atoms with van der Waals surface area (Å²) in [5.41, 5.74) is 0.657. The smallest absolute Gasteiger partial charge is 0.319 e. The molecule has 0 aliphatic heterocycles. The maximum atomic E-state index is 12.1. The van der Waals surface area contributed by atoms with E-state index < -0.39 is 0 Å². The minimum atomic E-state index is -0.247. The molecule has 6 heteroatoms. The van der Waals surface area contributed by atoms with Gasteiger partial charge in [0, 0.05) is 24.2 Å². The van der Waals surface area contributed by atoms with E-state index in [-0.39, 0.29) is 29.9 Å². The van der Waals surface area contributed by atoms with Crippen LogP contribution in [0.3, 0.4) is 0 Å². The van der Waals surface area contributed by atoms with Crippen molar-refractivity contribution in [2.24, 2.45) is 5.92 Å². The van der Waals surface area contributed by atoms with E-state index in [9.17, 15) is 9.59 Å². The summed E-state index contributed by atoms with van der Waals surface area (Å²) < 4.78 is 0. The molecule has 2 atom stereocenters. The molecule has 0 spiro atoms. The average Bonchev–Trinajstić information content (AvgIpc) is 2.47. The fraction of sp³-hybridized carbons (Fsp3) is 0.562. The fourth-order valence-corrected chi connectivity index (χ4v) is 2.75. The van der Waals surface area contributed by atoms with Gasteiger partial charge in [-0.1, -0.05) is 6.42 Å². The third-order valence-corrected chi connectivity index (χ3v) is 3.73. The van der Waals surface area contributed by atoms with E-state index in [1.54, 1.807) is 24.5 Å². The van der Waals surface area contributed by atoms with Gasteiger partial charge in [-0.15, -0.1) is 0 Å². The van der Waals surface area contributed by atoms with Gasteiger partial charge in [0.15, 0.2) is 0 Å². The summed E-state index contributed by atoms with van der Waals surface area (Å²) in [6.07, 6.45) is 6.70. The van der Waals surface area contributed by atoms with E-state index in [1.807, 2.05) is 13.8 Å². The van der Waals surface area contributed by atoms with Crippen LogP contribution in [0.1, 0.15) is 39.5 Å².